The molecule has 0 aromatic carbocycles. The fourth-order valence-electron chi connectivity index (χ4n) is 14.0. The fourth-order valence-corrected chi connectivity index (χ4v) is 14.0. The lowest BCUT2D eigenvalue weighted by Crippen LogP contribution is -1.97. The van der Waals surface area contributed by atoms with Gasteiger partial charge in [-0.05, 0) is 434 Å². The molecule has 0 radical (unpaired) electrons. The van der Waals surface area contributed by atoms with Crippen molar-refractivity contribution >= 4 is 0 Å². The van der Waals surface area contributed by atoms with Crippen molar-refractivity contribution < 1.29 is 5.11 Å². The quantitative estimate of drug-likeness (QED) is 0.0602. The molecule has 0 saturated heterocycles. The summed E-state index contributed by atoms with van der Waals surface area (Å²) in [6, 6.07) is 0. The second-order valence-electron chi connectivity index (χ2n) is 35.3. The summed E-state index contributed by atoms with van der Waals surface area (Å²) in [5.74, 6) is 0.610. The Kier molecular flexibility index (Phi) is 67.6. The maximum Gasteiger partial charge on any atom is 0.0433 e. The smallest absolute Gasteiger partial charge is 0.0433 e. The molecule has 0 amide bonds. The molecule has 1 heteroatoms. The van der Waals surface area contributed by atoms with E-state index in [1.54, 1.807) is 0 Å². The molecular formula is C110H180O. The van der Waals surface area contributed by atoms with Crippen LogP contribution in [0.15, 0.2) is 245 Å². The van der Waals surface area contributed by atoms with Gasteiger partial charge in [-0.15, -0.1) is 0 Å². The number of hydrogen-bond acceptors (Lipinski definition) is 1. The zero-order valence-corrected chi connectivity index (χ0v) is 77.8. The highest BCUT2D eigenvalue weighted by Gasteiger charge is 2.05. The van der Waals surface area contributed by atoms with Crippen LogP contribution in [0.2, 0.25) is 0 Å². The molecule has 0 aliphatic heterocycles. The summed E-state index contributed by atoms with van der Waals surface area (Å²) in [6.07, 6.45) is 101. The highest BCUT2D eigenvalue weighted by molar-refractivity contribution is 5.16. The molecule has 111 heavy (non-hydrogen) atoms. The van der Waals surface area contributed by atoms with E-state index in [2.05, 4.69) is 287 Å². The predicted octanol–water partition coefficient (Wildman–Crippen LogP) is 37.3. The van der Waals surface area contributed by atoms with E-state index >= 15 is 0 Å². The van der Waals surface area contributed by atoms with Gasteiger partial charge < -0.3 is 5.11 Å². The third-order valence-electron chi connectivity index (χ3n) is 22.5. The van der Waals surface area contributed by atoms with E-state index in [4.69, 9.17) is 5.11 Å². The Morgan fingerprint density at radius 2 is 0.252 bits per heavy atom. The standard InChI is InChI=1S/C110H180O/c1-89(2)45-24-46-90(3)47-25-48-91(4)49-26-50-92(5)51-27-52-93(6)53-28-54-94(7)55-29-56-95(8)57-30-58-96(9)59-31-60-97(10)61-32-62-98(11)63-33-64-99(12)65-34-66-100(13)67-35-68-101(14)69-36-70-102(15)71-37-72-103(16)73-38-74-104(17)75-39-76-105(18)77-40-78-106(19)79-41-80-107(20)81-42-82-108(21)83-43-84-109(22)85-44-86-110(23)87-88-111/h45,47,49,51,53,55,57,59,61,63,65,67,69,71,73,75,77,79,81,83,85,110-111H,24-44,46,48,50,52,54,56,58,60,62,64,66,68,70,72,74,76,78,80,82,84,86-88H2,1-23H3. The minimum atomic E-state index is 0.308. The Hall–Kier alpha value is -5.50. The lowest BCUT2D eigenvalue weighted by atomic mass is 10.0. The topological polar surface area (TPSA) is 20.2 Å². The highest BCUT2D eigenvalue weighted by atomic mass is 16.3. The van der Waals surface area contributed by atoms with Crippen LogP contribution in [-0.4, -0.2) is 11.7 Å². The molecule has 1 nitrogen and oxygen atoms in total. The van der Waals surface area contributed by atoms with Crippen molar-refractivity contribution in [1.29, 1.82) is 0 Å². The largest absolute Gasteiger partial charge is 0.396 e. The van der Waals surface area contributed by atoms with Gasteiger partial charge in [0.2, 0.25) is 0 Å². The van der Waals surface area contributed by atoms with Crippen LogP contribution >= 0.6 is 0 Å². The van der Waals surface area contributed by atoms with Crippen LogP contribution in [0, 0.1) is 5.92 Å². The first-order valence-electron chi connectivity index (χ1n) is 45.4. The van der Waals surface area contributed by atoms with Gasteiger partial charge in [-0.25, -0.2) is 0 Å². The van der Waals surface area contributed by atoms with Gasteiger partial charge in [0.15, 0.2) is 0 Å². The van der Waals surface area contributed by atoms with E-state index in [1.807, 2.05) is 0 Å². The third kappa shape index (κ3) is 72.0. The molecule has 0 fully saturated rings. The summed E-state index contributed by atoms with van der Waals surface area (Å²) in [4.78, 5) is 0. The summed E-state index contributed by atoms with van der Waals surface area (Å²) in [5.41, 5.74) is 32.0. The second kappa shape index (κ2) is 71.1. The van der Waals surface area contributed by atoms with Crippen molar-refractivity contribution in [2.24, 2.45) is 5.92 Å². The van der Waals surface area contributed by atoms with E-state index in [0.29, 0.717) is 12.5 Å². The zero-order valence-electron chi connectivity index (χ0n) is 77.8. The molecule has 0 saturated carbocycles. The van der Waals surface area contributed by atoms with Gasteiger partial charge in [-0.3, -0.25) is 0 Å². The van der Waals surface area contributed by atoms with E-state index in [-0.39, 0.29) is 0 Å². The molecule has 0 heterocycles. The first kappa shape index (κ1) is 106. The lowest BCUT2D eigenvalue weighted by Gasteiger charge is -2.07. The predicted molar refractivity (Wildman–Crippen MR) is 509 cm³/mol. The Morgan fingerprint density at radius 1 is 0.153 bits per heavy atom. The average molecular weight is 1520 g/mol. The summed E-state index contributed by atoms with van der Waals surface area (Å²) in [7, 11) is 0. The second-order valence-corrected chi connectivity index (χ2v) is 35.3. The molecule has 0 aliphatic rings. The molecule has 0 spiro atoms. The Morgan fingerprint density at radius 3 is 0.351 bits per heavy atom. The minimum absolute atomic E-state index is 0.308. The van der Waals surface area contributed by atoms with Gasteiger partial charge in [0.1, 0.15) is 0 Å². The maximum atomic E-state index is 9.12. The molecular weight excluding hydrogens is 1340 g/mol. The summed E-state index contributed by atoms with van der Waals surface area (Å²) in [6.45, 7) is 53.2. The first-order valence-corrected chi connectivity index (χ1v) is 45.4. The molecule has 1 unspecified atom stereocenters. The van der Waals surface area contributed by atoms with Gasteiger partial charge in [0, 0.05) is 6.61 Å². The van der Waals surface area contributed by atoms with Crippen LogP contribution in [0.5, 0.6) is 0 Å². The van der Waals surface area contributed by atoms with Crippen LogP contribution < -0.4 is 0 Å². The van der Waals surface area contributed by atoms with Crippen LogP contribution in [-0.2, 0) is 0 Å². The number of aliphatic hydroxyl groups excluding tert-OH is 1. The first-order chi connectivity index (χ1) is 53.0. The van der Waals surface area contributed by atoms with Gasteiger partial charge in [0.25, 0.3) is 0 Å². The molecule has 1 N–H and O–H groups in total. The number of allylic oxidation sites excluding steroid dienone is 42. The third-order valence-corrected chi connectivity index (χ3v) is 22.5. The molecule has 1 atom stereocenters. The summed E-state index contributed by atoms with van der Waals surface area (Å²) in [5, 5.41) is 9.12. The Labute approximate surface area is 693 Å². The van der Waals surface area contributed by atoms with Gasteiger partial charge >= 0.3 is 0 Å². The van der Waals surface area contributed by atoms with Crippen molar-refractivity contribution in [2.45, 2.75) is 435 Å². The molecule has 0 aromatic rings. The minimum Gasteiger partial charge on any atom is -0.396 e. The molecule has 0 aromatic heterocycles. The zero-order chi connectivity index (χ0) is 82.7. The molecule has 0 bridgehead atoms. The van der Waals surface area contributed by atoms with Gasteiger partial charge in [-0.1, -0.05) is 252 Å². The Balaban J connectivity index is 4.37. The normalized spacial score (nSPS) is 15.5. The van der Waals surface area contributed by atoms with Crippen molar-refractivity contribution in [3.8, 4) is 0 Å². The monoisotopic (exact) mass is 1520 g/mol. The number of aliphatic hydroxyl groups is 1. The van der Waals surface area contributed by atoms with E-state index in [9.17, 15) is 0 Å². The summed E-state index contributed by atoms with van der Waals surface area (Å²) >= 11 is 0. The molecule has 0 aliphatic carbocycles. The summed E-state index contributed by atoms with van der Waals surface area (Å²) < 4.78 is 0. The fraction of sp³-hybridized carbons (Fsp3) is 0.618. The number of rotatable bonds is 65. The van der Waals surface area contributed by atoms with Crippen LogP contribution in [0.3, 0.4) is 0 Å². The van der Waals surface area contributed by atoms with Gasteiger partial charge in [0.05, 0.1) is 0 Å². The molecule has 626 valence electrons. The van der Waals surface area contributed by atoms with Crippen molar-refractivity contribution in [3.05, 3.63) is 245 Å². The maximum absolute atomic E-state index is 9.12. The molecule has 0 rings (SSSR count). The number of hydrogen-bond donors (Lipinski definition) is 1. The van der Waals surface area contributed by atoms with Crippen LogP contribution in [0.1, 0.15) is 435 Å². The van der Waals surface area contributed by atoms with Gasteiger partial charge in [-0.2, -0.15) is 0 Å². The lowest BCUT2D eigenvalue weighted by molar-refractivity contribution is 0.259. The van der Waals surface area contributed by atoms with E-state index < -0.39 is 0 Å². The van der Waals surface area contributed by atoms with E-state index in [1.165, 1.54) is 252 Å². The SMILES string of the molecule is CC(C)=CCCC(C)=CCCC(C)=CCCC(C)=CCCC(C)=CCCC(C)=CCCC(C)=CCCC(C)=CCCC(C)=CCCC(C)=CCCC(C)=CCCC(C)=CCCC(C)=CCCC(C)=CCCC(C)=CCCC(C)=CCCC(C)=CCCC(C)=CCCC(C)=CCCC(C)=CCCC(C)=CCCC(C)CCO. The van der Waals surface area contributed by atoms with Crippen molar-refractivity contribution in [3.63, 3.8) is 0 Å². The van der Waals surface area contributed by atoms with Crippen molar-refractivity contribution in [2.75, 3.05) is 6.61 Å². The Bertz CT molecular complexity index is 3210. The van der Waals surface area contributed by atoms with Crippen LogP contribution in [0.4, 0.5) is 0 Å². The highest BCUT2D eigenvalue weighted by Crippen LogP contribution is 2.24. The average Bonchev–Trinajstić information content (AvgIpc) is 1.22. The van der Waals surface area contributed by atoms with Crippen molar-refractivity contribution in [1.82, 2.24) is 0 Å². The van der Waals surface area contributed by atoms with E-state index in [0.717, 1.165) is 141 Å². The van der Waals surface area contributed by atoms with Crippen LogP contribution in [0.25, 0.3) is 0 Å².